The van der Waals surface area contributed by atoms with E-state index in [1.54, 1.807) is 11.0 Å². The second kappa shape index (κ2) is 9.46. The zero-order valence-corrected chi connectivity index (χ0v) is 20.3. The summed E-state index contributed by atoms with van der Waals surface area (Å²) in [6, 6.07) is 14.2. The molecule has 3 amide bonds. The summed E-state index contributed by atoms with van der Waals surface area (Å²) in [5.74, 6) is -0.191. The average molecular weight is 476 g/mol. The standard InChI is InChI=1S/C28H33N3O4/c1-17(2)25(31-15-21-5-3-4-6-23(21)27(31)34)28(35)30-16-22(32)13-24(30)26(33)29-14-18-7-9-19(10-8-18)20-11-12-20/h3-10,17,20,22,24-25,32H,11-16H2,1-2H3,(H,29,33)/t22-,24+,25+/m1/s1. The van der Waals surface area contributed by atoms with E-state index in [0.29, 0.717) is 24.6 Å². The van der Waals surface area contributed by atoms with E-state index in [4.69, 9.17) is 0 Å². The summed E-state index contributed by atoms with van der Waals surface area (Å²) in [6.45, 7) is 4.64. The van der Waals surface area contributed by atoms with E-state index in [1.165, 1.54) is 23.3 Å². The van der Waals surface area contributed by atoms with Crippen LogP contribution in [0.4, 0.5) is 0 Å². The molecule has 1 saturated heterocycles. The third-order valence-corrected chi connectivity index (χ3v) is 7.43. The Kier molecular flexibility index (Phi) is 6.36. The van der Waals surface area contributed by atoms with Gasteiger partial charge in [0, 0.05) is 31.6 Å². The molecule has 1 saturated carbocycles. The highest BCUT2D eigenvalue weighted by Gasteiger charge is 2.45. The normalized spacial score (nSPS) is 22.5. The second-order valence-electron chi connectivity index (χ2n) is 10.4. The maximum atomic E-state index is 13.8. The van der Waals surface area contributed by atoms with Gasteiger partial charge in [-0.3, -0.25) is 14.4 Å². The number of rotatable bonds is 7. The molecule has 3 aliphatic rings. The van der Waals surface area contributed by atoms with E-state index in [-0.39, 0.29) is 36.6 Å². The van der Waals surface area contributed by atoms with E-state index in [0.717, 1.165) is 11.1 Å². The van der Waals surface area contributed by atoms with E-state index in [9.17, 15) is 19.5 Å². The largest absolute Gasteiger partial charge is 0.391 e. The monoisotopic (exact) mass is 475 g/mol. The van der Waals surface area contributed by atoms with Crippen LogP contribution in [0.15, 0.2) is 48.5 Å². The smallest absolute Gasteiger partial charge is 0.255 e. The zero-order valence-electron chi connectivity index (χ0n) is 20.3. The Bertz CT molecular complexity index is 1130. The molecular weight excluding hydrogens is 442 g/mol. The van der Waals surface area contributed by atoms with Crippen LogP contribution in [-0.2, 0) is 22.7 Å². The van der Waals surface area contributed by atoms with Gasteiger partial charge in [-0.25, -0.2) is 0 Å². The van der Waals surface area contributed by atoms with Crippen LogP contribution in [0.2, 0.25) is 0 Å². The Morgan fingerprint density at radius 3 is 2.46 bits per heavy atom. The van der Waals surface area contributed by atoms with Crippen LogP contribution in [0.25, 0.3) is 0 Å². The predicted molar refractivity (Wildman–Crippen MR) is 131 cm³/mol. The van der Waals surface area contributed by atoms with Crippen molar-refractivity contribution in [2.24, 2.45) is 5.92 Å². The molecule has 184 valence electrons. The topological polar surface area (TPSA) is 89.9 Å². The van der Waals surface area contributed by atoms with Crippen molar-refractivity contribution < 1.29 is 19.5 Å². The highest BCUT2D eigenvalue weighted by Crippen LogP contribution is 2.39. The Labute approximate surface area is 206 Å². The Morgan fingerprint density at radius 2 is 1.80 bits per heavy atom. The molecule has 0 unspecified atom stereocenters. The number of carbonyl (C=O) groups excluding carboxylic acids is 3. The third-order valence-electron chi connectivity index (χ3n) is 7.43. The molecule has 35 heavy (non-hydrogen) atoms. The number of fused-ring (bicyclic) bond motifs is 1. The maximum Gasteiger partial charge on any atom is 0.255 e. The second-order valence-corrected chi connectivity index (χ2v) is 10.4. The van der Waals surface area contributed by atoms with Crippen LogP contribution in [0.5, 0.6) is 0 Å². The fraction of sp³-hybridized carbons (Fsp3) is 0.464. The summed E-state index contributed by atoms with van der Waals surface area (Å²) in [5.41, 5.74) is 3.86. The van der Waals surface area contributed by atoms with Crippen molar-refractivity contribution in [3.63, 3.8) is 0 Å². The van der Waals surface area contributed by atoms with Crippen molar-refractivity contribution in [1.29, 1.82) is 0 Å². The molecule has 2 aromatic carbocycles. The molecular formula is C28H33N3O4. The first-order valence-corrected chi connectivity index (χ1v) is 12.6. The van der Waals surface area contributed by atoms with Crippen LogP contribution >= 0.6 is 0 Å². The summed E-state index contributed by atoms with van der Waals surface area (Å²) in [4.78, 5) is 43.1. The van der Waals surface area contributed by atoms with Crippen molar-refractivity contribution in [3.8, 4) is 0 Å². The number of nitrogens with one attached hydrogen (secondary N) is 1. The van der Waals surface area contributed by atoms with Crippen LogP contribution < -0.4 is 5.32 Å². The van der Waals surface area contributed by atoms with Gasteiger partial charge in [0.1, 0.15) is 12.1 Å². The minimum absolute atomic E-state index is 0.0885. The lowest BCUT2D eigenvalue weighted by atomic mass is 10.0. The molecule has 0 spiro atoms. The van der Waals surface area contributed by atoms with E-state index in [2.05, 4.69) is 17.4 Å². The Balaban J connectivity index is 1.28. The zero-order chi connectivity index (χ0) is 24.7. The molecule has 5 rings (SSSR count). The van der Waals surface area contributed by atoms with Crippen LogP contribution in [0.3, 0.4) is 0 Å². The molecule has 0 bridgehead atoms. The Morgan fingerprint density at radius 1 is 1.09 bits per heavy atom. The van der Waals surface area contributed by atoms with Crippen molar-refractivity contribution in [3.05, 3.63) is 70.8 Å². The number of aliphatic hydroxyl groups excluding tert-OH is 1. The first-order chi connectivity index (χ1) is 16.8. The van der Waals surface area contributed by atoms with E-state index < -0.39 is 18.2 Å². The Hall–Kier alpha value is -3.19. The lowest BCUT2D eigenvalue weighted by Crippen LogP contribution is -2.55. The summed E-state index contributed by atoms with van der Waals surface area (Å²) >= 11 is 0. The van der Waals surface area contributed by atoms with Crippen LogP contribution in [0.1, 0.15) is 66.1 Å². The van der Waals surface area contributed by atoms with Gasteiger partial charge in [-0.1, -0.05) is 56.3 Å². The lowest BCUT2D eigenvalue weighted by Gasteiger charge is -2.35. The van der Waals surface area contributed by atoms with Gasteiger partial charge in [-0.05, 0) is 47.4 Å². The van der Waals surface area contributed by atoms with E-state index in [1.807, 2.05) is 44.2 Å². The summed E-state index contributed by atoms with van der Waals surface area (Å²) in [7, 11) is 0. The van der Waals surface area contributed by atoms with Gasteiger partial charge in [0.05, 0.1) is 6.10 Å². The number of carbonyl (C=O) groups is 3. The first kappa shape index (κ1) is 23.5. The molecule has 7 nitrogen and oxygen atoms in total. The molecule has 2 heterocycles. The number of aliphatic hydroxyl groups is 1. The van der Waals surface area contributed by atoms with Gasteiger partial charge in [-0.2, -0.15) is 0 Å². The SMILES string of the molecule is CC(C)[C@@H](C(=O)N1C[C@H](O)C[C@H]1C(=O)NCc1ccc(C2CC2)cc1)N1Cc2ccccc2C1=O. The molecule has 2 aromatic rings. The number of amides is 3. The molecule has 2 fully saturated rings. The fourth-order valence-electron chi connectivity index (χ4n) is 5.39. The minimum atomic E-state index is -0.771. The molecule has 2 aliphatic heterocycles. The fourth-order valence-corrected chi connectivity index (χ4v) is 5.39. The third kappa shape index (κ3) is 4.69. The highest BCUT2D eigenvalue weighted by molar-refractivity contribution is 6.01. The van der Waals surface area contributed by atoms with Gasteiger partial charge < -0.3 is 20.2 Å². The number of hydrogen-bond donors (Lipinski definition) is 2. The van der Waals surface area contributed by atoms with Gasteiger partial charge in [-0.15, -0.1) is 0 Å². The molecule has 7 heteroatoms. The van der Waals surface area contributed by atoms with Crippen LogP contribution in [-0.4, -0.2) is 57.4 Å². The van der Waals surface area contributed by atoms with Crippen LogP contribution in [0, 0.1) is 5.92 Å². The van der Waals surface area contributed by atoms with Crippen molar-refractivity contribution in [1.82, 2.24) is 15.1 Å². The number of hydrogen-bond acceptors (Lipinski definition) is 4. The predicted octanol–water partition coefficient (Wildman–Crippen LogP) is 2.82. The number of benzene rings is 2. The average Bonchev–Trinajstić information content (AvgIpc) is 3.55. The van der Waals surface area contributed by atoms with Gasteiger partial charge in [0.15, 0.2) is 0 Å². The van der Waals surface area contributed by atoms with Gasteiger partial charge >= 0.3 is 0 Å². The number of nitrogens with zero attached hydrogens (tertiary/aromatic N) is 2. The lowest BCUT2D eigenvalue weighted by molar-refractivity contribution is -0.143. The van der Waals surface area contributed by atoms with Gasteiger partial charge in [0.2, 0.25) is 11.8 Å². The quantitative estimate of drug-likeness (QED) is 0.645. The summed E-state index contributed by atoms with van der Waals surface area (Å²) < 4.78 is 0. The summed E-state index contributed by atoms with van der Waals surface area (Å²) in [6.07, 6.45) is 1.91. The molecule has 2 N–H and O–H groups in total. The molecule has 0 aromatic heterocycles. The van der Waals surface area contributed by atoms with Crippen molar-refractivity contribution >= 4 is 17.7 Å². The molecule has 0 radical (unpaired) electrons. The maximum absolute atomic E-state index is 13.8. The highest BCUT2D eigenvalue weighted by atomic mass is 16.3. The molecule has 3 atom stereocenters. The summed E-state index contributed by atoms with van der Waals surface area (Å²) in [5, 5.41) is 13.3. The minimum Gasteiger partial charge on any atom is -0.391 e. The first-order valence-electron chi connectivity index (χ1n) is 12.6. The number of likely N-dealkylation sites (tertiary alicyclic amines) is 1. The van der Waals surface area contributed by atoms with Crippen molar-refractivity contribution in [2.75, 3.05) is 6.54 Å². The number of β-amino-alcohol motifs (C(OH)–C–C–N with tert-alkyl or cyclic N) is 1. The molecule has 1 aliphatic carbocycles. The van der Waals surface area contributed by atoms with E-state index >= 15 is 0 Å². The van der Waals surface area contributed by atoms with Crippen molar-refractivity contribution in [2.45, 2.75) is 70.3 Å². The van der Waals surface area contributed by atoms with Gasteiger partial charge in [0.25, 0.3) is 5.91 Å².